The van der Waals surface area contributed by atoms with E-state index in [-0.39, 0.29) is 17.7 Å². The fraction of sp³-hybridized carbons (Fsp3) is 0.381. The summed E-state index contributed by atoms with van der Waals surface area (Å²) in [6.45, 7) is 3.81. The van der Waals surface area contributed by atoms with Crippen LogP contribution in [0.25, 0.3) is 0 Å². The van der Waals surface area contributed by atoms with Crippen molar-refractivity contribution in [2.24, 2.45) is 5.41 Å². The second-order valence-corrected chi connectivity index (χ2v) is 7.37. The van der Waals surface area contributed by atoms with Crippen molar-refractivity contribution in [1.29, 1.82) is 0 Å². The quantitative estimate of drug-likeness (QED) is 0.906. The third-order valence-electron chi connectivity index (χ3n) is 5.85. The average Bonchev–Trinajstić information content (AvgIpc) is 2.98. The van der Waals surface area contributed by atoms with Gasteiger partial charge in [0.25, 0.3) is 5.91 Å². The summed E-state index contributed by atoms with van der Waals surface area (Å²) in [6, 6.07) is 12.1. The summed E-state index contributed by atoms with van der Waals surface area (Å²) in [5.41, 5.74) is 2.40. The van der Waals surface area contributed by atoms with Gasteiger partial charge in [0.15, 0.2) is 0 Å². The molecule has 4 rings (SSSR count). The normalized spacial score (nSPS) is 21.7. The molecule has 1 aromatic carbocycles. The molecule has 134 valence electrons. The number of hydrogen-bond donors (Lipinski definition) is 1. The van der Waals surface area contributed by atoms with Crippen molar-refractivity contribution in [3.8, 4) is 0 Å². The van der Waals surface area contributed by atoms with Crippen molar-refractivity contribution in [2.75, 3.05) is 19.6 Å². The van der Waals surface area contributed by atoms with Crippen LogP contribution in [-0.4, -0.2) is 41.3 Å². The number of pyridine rings is 1. The number of piperidine rings is 1. The molecule has 2 aromatic rings. The minimum atomic E-state index is -0.400. The number of aromatic nitrogens is 1. The number of carbonyl (C=O) groups is 2. The van der Waals surface area contributed by atoms with Crippen LogP contribution in [0.3, 0.4) is 0 Å². The van der Waals surface area contributed by atoms with E-state index in [0.717, 1.165) is 5.56 Å². The third kappa shape index (κ3) is 2.77. The number of nitrogens with zero attached hydrogens (tertiary/aromatic N) is 2. The van der Waals surface area contributed by atoms with Crippen LogP contribution < -0.4 is 5.32 Å². The molecule has 2 aliphatic rings. The Morgan fingerprint density at radius 2 is 1.92 bits per heavy atom. The minimum Gasteiger partial charge on any atom is -0.355 e. The van der Waals surface area contributed by atoms with E-state index < -0.39 is 5.41 Å². The highest BCUT2D eigenvalue weighted by Gasteiger charge is 2.52. The van der Waals surface area contributed by atoms with Gasteiger partial charge < -0.3 is 10.2 Å². The molecule has 0 saturated carbocycles. The molecule has 5 heteroatoms. The molecule has 3 heterocycles. The molecule has 5 nitrogen and oxygen atoms in total. The van der Waals surface area contributed by atoms with E-state index in [9.17, 15) is 9.59 Å². The second kappa shape index (κ2) is 6.56. The molecule has 0 aliphatic carbocycles. The van der Waals surface area contributed by atoms with Gasteiger partial charge in [-0.1, -0.05) is 30.3 Å². The summed E-state index contributed by atoms with van der Waals surface area (Å²) in [7, 11) is 0. The smallest absolute Gasteiger partial charge is 0.255 e. The Balaban J connectivity index is 1.53. The maximum Gasteiger partial charge on any atom is 0.255 e. The van der Waals surface area contributed by atoms with Crippen molar-refractivity contribution >= 4 is 11.8 Å². The first kappa shape index (κ1) is 16.8. The first-order chi connectivity index (χ1) is 12.6. The van der Waals surface area contributed by atoms with Crippen LogP contribution in [0.5, 0.6) is 0 Å². The summed E-state index contributed by atoms with van der Waals surface area (Å²) in [6.07, 6.45) is 4.76. The SMILES string of the molecule is Cc1cncc(C(=O)N2CCC3(CC2)C(=O)NC[C@H]3c2ccccc2)c1. The number of carbonyl (C=O) groups excluding carboxylic acids is 2. The maximum atomic E-state index is 12.8. The predicted octanol–water partition coefficient (Wildman–Crippen LogP) is 2.53. The van der Waals surface area contributed by atoms with Gasteiger partial charge in [-0.05, 0) is 37.0 Å². The molecule has 1 aromatic heterocycles. The van der Waals surface area contributed by atoms with Gasteiger partial charge in [0.05, 0.1) is 11.0 Å². The minimum absolute atomic E-state index is 0.00529. The van der Waals surface area contributed by atoms with Gasteiger partial charge in [-0.25, -0.2) is 0 Å². The van der Waals surface area contributed by atoms with Gasteiger partial charge in [0, 0.05) is 37.9 Å². The van der Waals surface area contributed by atoms with E-state index in [1.165, 1.54) is 5.56 Å². The highest BCUT2D eigenvalue weighted by atomic mass is 16.2. The summed E-state index contributed by atoms with van der Waals surface area (Å²) in [4.78, 5) is 31.5. The van der Waals surface area contributed by atoms with Crippen LogP contribution in [0.15, 0.2) is 48.8 Å². The van der Waals surface area contributed by atoms with Crippen LogP contribution in [0.4, 0.5) is 0 Å². The van der Waals surface area contributed by atoms with E-state index in [1.807, 2.05) is 36.1 Å². The molecule has 26 heavy (non-hydrogen) atoms. The number of nitrogens with one attached hydrogen (secondary N) is 1. The van der Waals surface area contributed by atoms with Gasteiger partial charge in [-0.3, -0.25) is 14.6 Å². The van der Waals surface area contributed by atoms with Gasteiger partial charge in [0.1, 0.15) is 0 Å². The summed E-state index contributed by atoms with van der Waals surface area (Å²) >= 11 is 0. The van der Waals surface area contributed by atoms with Crippen molar-refractivity contribution in [3.05, 3.63) is 65.5 Å². The molecule has 1 atom stereocenters. The van der Waals surface area contributed by atoms with E-state index in [1.54, 1.807) is 12.4 Å². The first-order valence-corrected chi connectivity index (χ1v) is 9.14. The lowest BCUT2D eigenvalue weighted by Crippen LogP contribution is -2.47. The van der Waals surface area contributed by atoms with Gasteiger partial charge in [-0.15, -0.1) is 0 Å². The Morgan fingerprint density at radius 1 is 1.19 bits per heavy atom. The third-order valence-corrected chi connectivity index (χ3v) is 5.85. The zero-order valence-corrected chi connectivity index (χ0v) is 14.9. The molecular weight excluding hydrogens is 326 g/mol. The molecular formula is C21H23N3O2. The topological polar surface area (TPSA) is 62.3 Å². The lowest BCUT2D eigenvalue weighted by atomic mass is 9.68. The first-order valence-electron chi connectivity index (χ1n) is 9.14. The number of amides is 2. The van der Waals surface area contributed by atoms with E-state index in [2.05, 4.69) is 22.4 Å². The van der Waals surface area contributed by atoms with E-state index >= 15 is 0 Å². The zero-order valence-electron chi connectivity index (χ0n) is 14.9. The molecule has 2 aliphatic heterocycles. The highest BCUT2D eigenvalue weighted by molar-refractivity contribution is 5.94. The number of likely N-dealkylation sites (tertiary alicyclic amines) is 1. The van der Waals surface area contributed by atoms with Crippen LogP contribution in [0, 0.1) is 12.3 Å². The van der Waals surface area contributed by atoms with Crippen molar-refractivity contribution < 1.29 is 9.59 Å². The Labute approximate surface area is 153 Å². The van der Waals surface area contributed by atoms with Crippen LogP contribution >= 0.6 is 0 Å². The predicted molar refractivity (Wildman–Crippen MR) is 98.7 cm³/mol. The summed E-state index contributed by atoms with van der Waals surface area (Å²) < 4.78 is 0. The van der Waals surface area contributed by atoms with Crippen molar-refractivity contribution in [3.63, 3.8) is 0 Å². The average molecular weight is 349 g/mol. The van der Waals surface area contributed by atoms with Gasteiger partial charge in [0.2, 0.25) is 5.91 Å². The van der Waals surface area contributed by atoms with E-state index in [0.29, 0.717) is 38.0 Å². The van der Waals surface area contributed by atoms with Crippen molar-refractivity contribution in [2.45, 2.75) is 25.7 Å². The Morgan fingerprint density at radius 3 is 2.62 bits per heavy atom. The standard InChI is InChI=1S/C21H23N3O2/c1-15-11-17(13-22-12-15)19(25)24-9-7-21(8-10-24)18(14-23-20(21)26)16-5-3-2-4-6-16/h2-6,11-13,18H,7-10,14H2,1H3,(H,23,26)/t18-/m0/s1. The molecule has 2 amide bonds. The number of rotatable bonds is 2. The molecule has 0 bridgehead atoms. The van der Waals surface area contributed by atoms with Crippen LogP contribution in [-0.2, 0) is 4.79 Å². The number of benzene rings is 1. The maximum absolute atomic E-state index is 12.8. The number of hydrogen-bond acceptors (Lipinski definition) is 3. The summed E-state index contributed by atoms with van der Waals surface area (Å²) in [5, 5.41) is 3.06. The molecule has 0 unspecified atom stereocenters. The van der Waals surface area contributed by atoms with Gasteiger partial charge in [-0.2, -0.15) is 0 Å². The largest absolute Gasteiger partial charge is 0.355 e. The fourth-order valence-corrected chi connectivity index (χ4v) is 4.39. The molecule has 1 N–H and O–H groups in total. The molecule has 2 fully saturated rings. The number of aryl methyl sites for hydroxylation is 1. The fourth-order valence-electron chi connectivity index (χ4n) is 4.39. The summed E-state index contributed by atoms with van der Waals surface area (Å²) in [5.74, 6) is 0.315. The highest BCUT2D eigenvalue weighted by Crippen LogP contribution is 2.47. The van der Waals surface area contributed by atoms with Crippen LogP contribution in [0.1, 0.15) is 40.2 Å². The zero-order chi connectivity index (χ0) is 18.1. The van der Waals surface area contributed by atoms with Crippen LogP contribution in [0.2, 0.25) is 0 Å². The molecule has 0 radical (unpaired) electrons. The monoisotopic (exact) mass is 349 g/mol. The lowest BCUT2D eigenvalue weighted by molar-refractivity contribution is -0.130. The molecule has 2 saturated heterocycles. The van der Waals surface area contributed by atoms with E-state index in [4.69, 9.17) is 0 Å². The Bertz CT molecular complexity index is 826. The van der Waals surface area contributed by atoms with Crippen molar-refractivity contribution in [1.82, 2.24) is 15.2 Å². The lowest BCUT2D eigenvalue weighted by Gasteiger charge is -2.41. The van der Waals surface area contributed by atoms with Gasteiger partial charge >= 0.3 is 0 Å². The second-order valence-electron chi connectivity index (χ2n) is 7.37. The molecule has 1 spiro atoms. The Kier molecular flexibility index (Phi) is 4.23. The Hall–Kier alpha value is -2.69.